The molecule has 1 aromatic carbocycles. The van der Waals surface area contributed by atoms with Crippen molar-refractivity contribution in [3.05, 3.63) is 53.5 Å². The minimum absolute atomic E-state index is 0.193. The highest BCUT2D eigenvalue weighted by Gasteiger charge is 2.17. The molecule has 1 saturated heterocycles. The summed E-state index contributed by atoms with van der Waals surface area (Å²) in [6.07, 6.45) is 5.63. The first-order valence-electron chi connectivity index (χ1n) is 8.52. The van der Waals surface area contributed by atoms with Crippen molar-refractivity contribution in [1.82, 2.24) is 15.3 Å². The van der Waals surface area contributed by atoms with E-state index in [0.29, 0.717) is 12.2 Å². The second-order valence-electron chi connectivity index (χ2n) is 6.60. The molecule has 0 spiro atoms. The van der Waals surface area contributed by atoms with E-state index < -0.39 is 0 Å². The van der Waals surface area contributed by atoms with Gasteiger partial charge in [0.2, 0.25) is 0 Å². The molecule has 0 aliphatic carbocycles. The number of benzene rings is 1. The lowest BCUT2D eigenvalue weighted by Crippen LogP contribution is -2.33. The molecule has 5 nitrogen and oxygen atoms in total. The van der Waals surface area contributed by atoms with Crippen molar-refractivity contribution in [3.8, 4) is 0 Å². The first-order chi connectivity index (χ1) is 11.6. The summed E-state index contributed by atoms with van der Waals surface area (Å²) >= 11 is 0. The molecule has 1 aliphatic heterocycles. The molecule has 3 rings (SSSR count). The summed E-state index contributed by atoms with van der Waals surface area (Å²) in [4.78, 5) is 23.1. The standard InChI is InChI=1S/C19H24N4O/c1-14-3-5-16(6-4-14)11-22-19(24)17-12-21-18(13-20-17)23-9-7-15(2)8-10-23/h3-6,12-13,15H,7-11H2,1-2H3,(H,22,24). The van der Waals surface area contributed by atoms with E-state index >= 15 is 0 Å². The Balaban J connectivity index is 1.56. The zero-order valence-corrected chi connectivity index (χ0v) is 14.3. The lowest BCUT2D eigenvalue weighted by molar-refractivity contribution is 0.0945. The number of nitrogens with zero attached hydrogens (tertiary/aromatic N) is 3. The third-order valence-corrected chi connectivity index (χ3v) is 4.55. The fourth-order valence-electron chi connectivity index (χ4n) is 2.82. The molecule has 1 aromatic heterocycles. The largest absolute Gasteiger partial charge is 0.355 e. The number of carbonyl (C=O) groups excluding carboxylic acids is 1. The highest BCUT2D eigenvalue weighted by Crippen LogP contribution is 2.20. The summed E-state index contributed by atoms with van der Waals surface area (Å²) in [6, 6.07) is 8.11. The van der Waals surface area contributed by atoms with Crippen molar-refractivity contribution in [2.24, 2.45) is 5.92 Å². The normalized spacial score (nSPS) is 15.3. The summed E-state index contributed by atoms with van der Waals surface area (Å²) in [5.41, 5.74) is 2.64. The lowest BCUT2D eigenvalue weighted by atomic mass is 9.99. The van der Waals surface area contributed by atoms with E-state index in [1.165, 1.54) is 18.4 Å². The molecule has 24 heavy (non-hydrogen) atoms. The van der Waals surface area contributed by atoms with Crippen LogP contribution in [0.1, 0.15) is 41.4 Å². The summed E-state index contributed by atoms with van der Waals surface area (Å²) in [5.74, 6) is 1.44. The van der Waals surface area contributed by atoms with Crippen molar-refractivity contribution in [1.29, 1.82) is 0 Å². The molecule has 2 aromatic rings. The zero-order chi connectivity index (χ0) is 16.9. The van der Waals surface area contributed by atoms with E-state index in [1.54, 1.807) is 12.4 Å². The van der Waals surface area contributed by atoms with Crippen LogP contribution in [0.4, 0.5) is 5.82 Å². The monoisotopic (exact) mass is 324 g/mol. The van der Waals surface area contributed by atoms with Gasteiger partial charge in [0.25, 0.3) is 5.91 Å². The Morgan fingerprint density at radius 2 is 1.88 bits per heavy atom. The zero-order valence-electron chi connectivity index (χ0n) is 14.3. The van der Waals surface area contributed by atoms with Crippen LogP contribution in [0.3, 0.4) is 0 Å². The Kier molecular flexibility index (Phi) is 5.08. The van der Waals surface area contributed by atoms with Gasteiger partial charge in [0, 0.05) is 19.6 Å². The number of carbonyl (C=O) groups is 1. The van der Waals surface area contributed by atoms with Crippen LogP contribution >= 0.6 is 0 Å². The van der Waals surface area contributed by atoms with Gasteiger partial charge >= 0.3 is 0 Å². The van der Waals surface area contributed by atoms with Gasteiger partial charge in [-0.05, 0) is 31.2 Å². The summed E-state index contributed by atoms with van der Waals surface area (Å²) < 4.78 is 0. The van der Waals surface area contributed by atoms with Gasteiger partial charge < -0.3 is 10.2 Å². The predicted octanol–water partition coefficient (Wildman–Crippen LogP) is 2.95. The van der Waals surface area contributed by atoms with Crippen LogP contribution in [-0.2, 0) is 6.54 Å². The van der Waals surface area contributed by atoms with E-state index in [-0.39, 0.29) is 5.91 Å². The van der Waals surface area contributed by atoms with Gasteiger partial charge in [-0.3, -0.25) is 4.79 Å². The predicted molar refractivity (Wildman–Crippen MR) is 95.0 cm³/mol. The quantitative estimate of drug-likeness (QED) is 0.939. The highest BCUT2D eigenvalue weighted by molar-refractivity contribution is 5.91. The van der Waals surface area contributed by atoms with Crippen LogP contribution in [0, 0.1) is 12.8 Å². The molecule has 2 heterocycles. The lowest BCUT2D eigenvalue weighted by Gasteiger charge is -2.30. The van der Waals surface area contributed by atoms with E-state index in [0.717, 1.165) is 30.4 Å². The molecule has 0 bridgehead atoms. The van der Waals surface area contributed by atoms with Crippen LogP contribution in [0.2, 0.25) is 0 Å². The number of aromatic nitrogens is 2. The number of piperidine rings is 1. The minimum Gasteiger partial charge on any atom is -0.355 e. The van der Waals surface area contributed by atoms with E-state index in [9.17, 15) is 4.79 Å². The molecule has 126 valence electrons. The molecule has 0 unspecified atom stereocenters. The van der Waals surface area contributed by atoms with Crippen molar-refractivity contribution in [3.63, 3.8) is 0 Å². The molecular weight excluding hydrogens is 300 g/mol. The van der Waals surface area contributed by atoms with Crippen LogP contribution < -0.4 is 10.2 Å². The topological polar surface area (TPSA) is 58.1 Å². The van der Waals surface area contributed by atoms with Crippen LogP contribution in [0.25, 0.3) is 0 Å². The maximum absolute atomic E-state index is 12.2. The number of rotatable bonds is 4. The van der Waals surface area contributed by atoms with Crippen molar-refractivity contribution >= 4 is 11.7 Å². The Bertz CT molecular complexity index is 674. The number of nitrogens with one attached hydrogen (secondary N) is 1. The summed E-state index contributed by atoms with van der Waals surface area (Å²) in [5, 5.41) is 2.88. The first kappa shape index (κ1) is 16.4. The average molecular weight is 324 g/mol. The minimum atomic E-state index is -0.193. The fraction of sp³-hybridized carbons (Fsp3) is 0.421. The maximum atomic E-state index is 12.2. The molecule has 0 saturated carbocycles. The molecule has 0 atom stereocenters. The highest BCUT2D eigenvalue weighted by atomic mass is 16.1. The Labute approximate surface area is 143 Å². The number of aryl methyl sites for hydroxylation is 1. The van der Waals surface area contributed by atoms with Crippen molar-refractivity contribution in [2.45, 2.75) is 33.2 Å². The summed E-state index contributed by atoms with van der Waals surface area (Å²) in [7, 11) is 0. The van der Waals surface area contributed by atoms with Gasteiger partial charge in [-0.25, -0.2) is 9.97 Å². The average Bonchev–Trinajstić information content (AvgIpc) is 2.62. The molecule has 5 heteroatoms. The molecule has 1 aliphatic rings. The van der Waals surface area contributed by atoms with Crippen LogP contribution in [0.5, 0.6) is 0 Å². The van der Waals surface area contributed by atoms with Crippen LogP contribution in [0.15, 0.2) is 36.7 Å². The Morgan fingerprint density at radius 1 is 1.17 bits per heavy atom. The second-order valence-corrected chi connectivity index (χ2v) is 6.60. The third kappa shape index (κ3) is 4.10. The number of anilines is 1. The van der Waals surface area contributed by atoms with Gasteiger partial charge in [0.05, 0.1) is 12.4 Å². The third-order valence-electron chi connectivity index (χ3n) is 4.55. The van der Waals surface area contributed by atoms with E-state index in [1.807, 2.05) is 31.2 Å². The van der Waals surface area contributed by atoms with Gasteiger partial charge in [0.15, 0.2) is 0 Å². The Hall–Kier alpha value is -2.43. The Morgan fingerprint density at radius 3 is 2.50 bits per heavy atom. The van der Waals surface area contributed by atoms with Gasteiger partial charge in [0.1, 0.15) is 11.5 Å². The number of hydrogen-bond donors (Lipinski definition) is 1. The van der Waals surface area contributed by atoms with Gasteiger partial charge in [-0.1, -0.05) is 36.8 Å². The first-order valence-corrected chi connectivity index (χ1v) is 8.52. The van der Waals surface area contributed by atoms with E-state index in [4.69, 9.17) is 0 Å². The number of amides is 1. The van der Waals surface area contributed by atoms with E-state index in [2.05, 4.69) is 27.1 Å². The number of hydrogen-bond acceptors (Lipinski definition) is 4. The van der Waals surface area contributed by atoms with Crippen LogP contribution in [-0.4, -0.2) is 29.0 Å². The molecule has 1 fully saturated rings. The molecule has 1 N–H and O–H groups in total. The SMILES string of the molecule is Cc1ccc(CNC(=O)c2cnc(N3CCC(C)CC3)cn2)cc1. The van der Waals surface area contributed by atoms with Crippen molar-refractivity contribution in [2.75, 3.05) is 18.0 Å². The molecule has 0 radical (unpaired) electrons. The molecule has 1 amide bonds. The smallest absolute Gasteiger partial charge is 0.271 e. The fourth-order valence-corrected chi connectivity index (χ4v) is 2.82. The second kappa shape index (κ2) is 7.43. The maximum Gasteiger partial charge on any atom is 0.271 e. The van der Waals surface area contributed by atoms with Crippen molar-refractivity contribution < 1.29 is 4.79 Å². The van der Waals surface area contributed by atoms with Gasteiger partial charge in [-0.2, -0.15) is 0 Å². The molecular formula is C19H24N4O. The van der Waals surface area contributed by atoms with Gasteiger partial charge in [-0.15, -0.1) is 0 Å². The summed E-state index contributed by atoms with van der Waals surface area (Å²) in [6.45, 7) is 6.84.